The molecule has 46 heavy (non-hydrogen) atoms. The standard InChI is InChI=1S/C33H41FN6O6/c1-23(41)35-12-14-44-15-16-45-17-18-46-22-32(43)37-28-10-8-25(9-11-28)30-20-31(36-29-7-3-6-27(34)19-29)39-33(38-30)26-5-4-13-40(21-26)24(2)42/h3,6-11,19-20,26H,4-5,12-18,21-22H2,1-2H3,(H,35,41)(H,37,43)(H,36,38,39). The topological polar surface area (TPSA) is 144 Å². The van der Waals surface area contributed by atoms with Gasteiger partial charge >= 0.3 is 0 Å². The third kappa shape index (κ3) is 11.5. The normalized spacial score (nSPS) is 14.5. The maximum Gasteiger partial charge on any atom is 0.250 e. The predicted molar refractivity (Wildman–Crippen MR) is 171 cm³/mol. The molecular weight excluding hydrogens is 595 g/mol. The lowest BCUT2D eigenvalue weighted by atomic mass is 9.96. The first-order chi connectivity index (χ1) is 22.3. The van der Waals surface area contributed by atoms with Gasteiger partial charge in [0.1, 0.15) is 24.1 Å². The second kappa shape index (κ2) is 17.9. The molecule has 12 nitrogen and oxygen atoms in total. The summed E-state index contributed by atoms with van der Waals surface area (Å²) in [5.41, 5.74) is 2.61. The van der Waals surface area contributed by atoms with Crippen molar-refractivity contribution in [2.24, 2.45) is 0 Å². The van der Waals surface area contributed by atoms with Gasteiger partial charge in [-0.25, -0.2) is 14.4 Å². The number of likely N-dealkylation sites (tertiary alicyclic amines) is 1. The molecule has 0 radical (unpaired) electrons. The van der Waals surface area contributed by atoms with E-state index < -0.39 is 0 Å². The molecule has 3 N–H and O–H groups in total. The Bertz CT molecular complexity index is 1460. The van der Waals surface area contributed by atoms with Crippen molar-refractivity contribution in [3.05, 3.63) is 66.2 Å². The number of hydrogen-bond acceptors (Lipinski definition) is 9. The lowest BCUT2D eigenvalue weighted by Crippen LogP contribution is -2.38. The van der Waals surface area contributed by atoms with Crippen molar-refractivity contribution in [3.8, 4) is 11.3 Å². The summed E-state index contributed by atoms with van der Waals surface area (Å²) in [6.45, 7) is 6.37. The van der Waals surface area contributed by atoms with Crippen LogP contribution in [0.5, 0.6) is 0 Å². The molecule has 3 amide bonds. The first-order valence-electron chi connectivity index (χ1n) is 15.3. The highest BCUT2D eigenvalue weighted by Crippen LogP contribution is 2.30. The molecule has 1 aromatic heterocycles. The van der Waals surface area contributed by atoms with Crippen LogP contribution in [0.15, 0.2) is 54.6 Å². The quantitative estimate of drug-likeness (QED) is 0.200. The summed E-state index contributed by atoms with van der Waals surface area (Å²) in [5.74, 6) is 0.344. The third-order valence-corrected chi connectivity index (χ3v) is 7.13. The molecule has 1 atom stereocenters. The van der Waals surface area contributed by atoms with Crippen LogP contribution >= 0.6 is 0 Å². The number of anilines is 3. The second-order valence-electron chi connectivity index (χ2n) is 10.8. The van der Waals surface area contributed by atoms with Crippen LogP contribution in [0.3, 0.4) is 0 Å². The zero-order chi connectivity index (χ0) is 32.7. The number of ether oxygens (including phenoxy) is 3. The molecule has 246 valence electrons. The van der Waals surface area contributed by atoms with Gasteiger partial charge in [-0.15, -0.1) is 0 Å². The summed E-state index contributed by atoms with van der Waals surface area (Å²) in [7, 11) is 0. The molecule has 0 aliphatic carbocycles. The second-order valence-corrected chi connectivity index (χ2v) is 10.8. The van der Waals surface area contributed by atoms with Gasteiger partial charge in [-0.3, -0.25) is 14.4 Å². The maximum atomic E-state index is 13.9. The van der Waals surface area contributed by atoms with Gasteiger partial charge in [0.25, 0.3) is 0 Å². The van der Waals surface area contributed by atoms with Crippen LogP contribution in [0.1, 0.15) is 38.4 Å². The van der Waals surface area contributed by atoms with Crippen LogP contribution < -0.4 is 16.0 Å². The summed E-state index contributed by atoms with van der Waals surface area (Å²) in [4.78, 5) is 46.6. The van der Waals surface area contributed by atoms with E-state index in [0.717, 1.165) is 18.4 Å². The number of carbonyl (C=O) groups is 3. The highest BCUT2D eigenvalue weighted by atomic mass is 19.1. The van der Waals surface area contributed by atoms with E-state index in [9.17, 15) is 18.8 Å². The molecular formula is C33H41FN6O6. The number of piperidine rings is 1. The number of aromatic nitrogens is 2. The van der Waals surface area contributed by atoms with Crippen LogP contribution in [0.2, 0.25) is 0 Å². The SMILES string of the molecule is CC(=O)NCCOCCOCCOCC(=O)Nc1ccc(-c2cc(Nc3cccc(F)c3)nc(C3CCCN(C(C)=O)C3)n2)cc1. The Morgan fingerprint density at radius 2 is 1.65 bits per heavy atom. The molecule has 0 bridgehead atoms. The van der Waals surface area contributed by atoms with E-state index in [1.54, 1.807) is 37.3 Å². The summed E-state index contributed by atoms with van der Waals surface area (Å²) < 4.78 is 30.0. The van der Waals surface area contributed by atoms with Crippen LogP contribution in [-0.2, 0) is 28.6 Å². The van der Waals surface area contributed by atoms with Crippen molar-refractivity contribution in [1.82, 2.24) is 20.2 Å². The highest BCUT2D eigenvalue weighted by molar-refractivity contribution is 5.92. The van der Waals surface area contributed by atoms with Crippen LogP contribution in [0, 0.1) is 5.82 Å². The van der Waals surface area contributed by atoms with Gasteiger partial charge in [-0.05, 0) is 43.2 Å². The van der Waals surface area contributed by atoms with Crippen molar-refractivity contribution >= 4 is 34.9 Å². The van der Waals surface area contributed by atoms with Crippen molar-refractivity contribution in [3.63, 3.8) is 0 Å². The molecule has 1 saturated heterocycles. The van der Waals surface area contributed by atoms with Crippen molar-refractivity contribution < 1.29 is 33.0 Å². The summed E-state index contributed by atoms with van der Waals surface area (Å²) in [5, 5.41) is 8.64. The highest BCUT2D eigenvalue weighted by Gasteiger charge is 2.26. The average molecular weight is 637 g/mol. The molecule has 2 heterocycles. The van der Waals surface area contributed by atoms with Crippen LogP contribution in [-0.4, -0.2) is 91.9 Å². The number of rotatable bonds is 16. The molecule has 0 saturated carbocycles. The number of carbonyl (C=O) groups excluding carboxylic acids is 3. The number of nitrogens with one attached hydrogen (secondary N) is 3. The molecule has 13 heteroatoms. The number of benzene rings is 2. The van der Waals surface area contributed by atoms with Crippen LogP contribution in [0.25, 0.3) is 11.3 Å². The summed E-state index contributed by atoms with van der Waals surface area (Å²) in [6.07, 6.45) is 1.70. The fraction of sp³-hybridized carbons (Fsp3) is 0.424. The molecule has 1 aliphatic rings. The van der Waals surface area contributed by atoms with E-state index in [1.807, 2.05) is 17.0 Å². The first-order valence-corrected chi connectivity index (χ1v) is 15.3. The summed E-state index contributed by atoms with van der Waals surface area (Å²) >= 11 is 0. The Morgan fingerprint density at radius 1 is 0.913 bits per heavy atom. The molecule has 1 aliphatic heterocycles. The zero-order valence-electron chi connectivity index (χ0n) is 26.2. The third-order valence-electron chi connectivity index (χ3n) is 7.13. The zero-order valence-corrected chi connectivity index (χ0v) is 26.2. The van der Waals surface area contributed by atoms with E-state index >= 15 is 0 Å². The predicted octanol–water partition coefficient (Wildman–Crippen LogP) is 3.88. The van der Waals surface area contributed by atoms with Gasteiger partial charge in [0, 0.05) is 62.4 Å². The minimum Gasteiger partial charge on any atom is -0.377 e. The minimum absolute atomic E-state index is 0.0215. The van der Waals surface area contributed by atoms with E-state index in [1.165, 1.54) is 19.1 Å². The van der Waals surface area contributed by atoms with Crippen LogP contribution in [0.4, 0.5) is 21.6 Å². The number of amides is 3. The minimum atomic E-state index is -0.363. The van der Waals surface area contributed by atoms with Gasteiger partial charge in [0.15, 0.2) is 0 Å². The fourth-order valence-corrected chi connectivity index (χ4v) is 4.87. The van der Waals surface area contributed by atoms with Gasteiger partial charge in [0.2, 0.25) is 17.7 Å². The lowest BCUT2D eigenvalue weighted by molar-refractivity contribution is -0.130. The van der Waals surface area contributed by atoms with Gasteiger partial charge < -0.3 is 35.1 Å². The van der Waals surface area contributed by atoms with E-state index in [2.05, 4.69) is 16.0 Å². The average Bonchev–Trinajstić information content (AvgIpc) is 3.03. The van der Waals surface area contributed by atoms with E-state index in [-0.39, 0.29) is 42.7 Å². The van der Waals surface area contributed by atoms with E-state index in [4.69, 9.17) is 24.2 Å². The molecule has 4 rings (SSSR count). The molecule has 2 aromatic carbocycles. The van der Waals surface area contributed by atoms with Gasteiger partial charge in [-0.1, -0.05) is 18.2 Å². The molecule has 1 fully saturated rings. The Labute approximate surface area is 268 Å². The van der Waals surface area contributed by atoms with Gasteiger partial charge in [0.05, 0.1) is 38.7 Å². The molecule has 3 aromatic rings. The van der Waals surface area contributed by atoms with E-state index in [0.29, 0.717) is 74.8 Å². The van der Waals surface area contributed by atoms with Crippen molar-refractivity contribution in [2.45, 2.75) is 32.6 Å². The Balaban J connectivity index is 1.31. The molecule has 1 unspecified atom stereocenters. The Morgan fingerprint density at radius 3 is 2.37 bits per heavy atom. The number of hydrogen-bond donors (Lipinski definition) is 3. The summed E-state index contributed by atoms with van der Waals surface area (Å²) in [6, 6.07) is 15.2. The van der Waals surface area contributed by atoms with Gasteiger partial charge in [-0.2, -0.15) is 0 Å². The van der Waals surface area contributed by atoms with Crippen molar-refractivity contribution in [1.29, 1.82) is 0 Å². The Kier molecular flexibility index (Phi) is 13.4. The van der Waals surface area contributed by atoms with Crippen molar-refractivity contribution in [2.75, 3.05) is 69.9 Å². The largest absolute Gasteiger partial charge is 0.377 e. The Hall–Kier alpha value is -4.46. The first kappa shape index (κ1) is 34.4. The lowest BCUT2D eigenvalue weighted by Gasteiger charge is -2.31. The monoisotopic (exact) mass is 636 g/mol. The fourth-order valence-electron chi connectivity index (χ4n) is 4.87. The maximum absolute atomic E-state index is 13.9. The number of nitrogens with zero attached hydrogens (tertiary/aromatic N) is 3. The smallest absolute Gasteiger partial charge is 0.250 e. The molecule has 0 spiro atoms. The number of halogens is 1.